The molecule has 0 saturated carbocycles. The van der Waals surface area contributed by atoms with Crippen molar-refractivity contribution in [3.05, 3.63) is 35.9 Å². The molecule has 0 saturated heterocycles. The first-order chi connectivity index (χ1) is 9.08. The molecule has 0 unspecified atom stereocenters. The van der Waals surface area contributed by atoms with E-state index in [0.717, 1.165) is 5.56 Å². The lowest BCUT2D eigenvalue weighted by Gasteiger charge is -2.08. The van der Waals surface area contributed by atoms with E-state index in [9.17, 15) is 4.79 Å². The minimum atomic E-state index is -0.0232. The Morgan fingerprint density at radius 2 is 1.95 bits per heavy atom. The number of aliphatic imine (C=N–C) groups is 1. The highest BCUT2D eigenvalue weighted by atomic mass is 127. The predicted octanol–water partition coefficient (Wildman–Crippen LogP) is 1.62. The normalized spacial score (nSPS) is 10.8. The van der Waals surface area contributed by atoms with E-state index in [2.05, 4.69) is 15.6 Å². The summed E-state index contributed by atoms with van der Waals surface area (Å²) < 4.78 is 0. The first kappa shape index (κ1) is 18.7. The predicted molar refractivity (Wildman–Crippen MR) is 93.1 cm³/mol. The standard InChI is InChI=1S/C14H22N4O.HI/c1-11(2)18-14(15)16-9-8-13(19)17-10-12-6-4-3-5-7-12;/h3-7,11H,8-10H2,1-2H3,(H,17,19)(H3,15,16,18);1H. The Morgan fingerprint density at radius 3 is 2.55 bits per heavy atom. The molecule has 0 atom stereocenters. The molecular weight excluding hydrogens is 367 g/mol. The van der Waals surface area contributed by atoms with Gasteiger partial charge in [-0.3, -0.25) is 9.79 Å². The van der Waals surface area contributed by atoms with Crippen molar-refractivity contribution in [3.8, 4) is 0 Å². The van der Waals surface area contributed by atoms with Crippen LogP contribution < -0.4 is 16.4 Å². The van der Waals surface area contributed by atoms with Crippen molar-refractivity contribution in [3.63, 3.8) is 0 Å². The van der Waals surface area contributed by atoms with E-state index in [1.807, 2.05) is 44.2 Å². The Hall–Kier alpha value is -1.31. The summed E-state index contributed by atoms with van der Waals surface area (Å²) in [5.41, 5.74) is 6.72. The zero-order chi connectivity index (χ0) is 14.1. The van der Waals surface area contributed by atoms with Gasteiger partial charge in [0, 0.05) is 19.0 Å². The molecule has 4 N–H and O–H groups in total. The van der Waals surface area contributed by atoms with Crippen LogP contribution in [0.25, 0.3) is 0 Å². The second-order valence-corrected chi connectivity index (χ2v) is 4.58. The number of nitrogens with two attached hydrogens (primary N) is 1. The van der Waals surface area contributed by atoms with E-state index in [0.29, 0.717) is 25.5 Å². The van der Waals surface area contributed by atoms with Gasteiger partial charge in [-0.1, -0.05) is 30.3 Å². The van der Waals surface area contributed by atoms with Gasteiger partial charge in [0.05, 0.1) is 6.54 Å². The van der Waals surface area contributed by atoms with Crippen LogP contribution in [0, 0.1) is 0 Å². The molecule has 5 nitrogen and oxygen atoms in total. The molecule has 1 aromatic rings. The number of rotatable bonds is 6. The van der Waals surface area contributed by atoms with E-state index in [-0.39, 0.29) is 35.9 Å². The summed E-state index contributed by atoms with van der Waals surface area (Å²) in [6.07, 6.45) is 0.341. The summed E-state index contributed by atoms with van der Waals surface area (Å²) in [7, 11) is 0. The average Bonchev–Trinajstić information content (AvgIpc) is 2.36. The number of guanidine groups is 1. The molecular formula is C14H23IN4O. The zero-order valence-electron chi connectivity index (χ0n) is 11.9. The topological polar surface area (TPSA) is 79.5 Å². The van der Waals surface area contributed by atoms with Crippen LogP contribution in [0.15, 0.2) is 35.3 Å². The van der Waals surface area contributed by atoms with Crippen molar-refractivity contribution in [2.24, 2.45) is 10.7 Å². The maximum Gasteiger partial charge on any atom is 0.222 e. The first-order valence-electron chi connectivity index (χ1n) is 6.45. The fraction of sp³-hybridized carbons (Fsp3) is 0.429. The van der Waals surface area contributed by atoms with Crippen LogP contribution in [-0.2, 0) is 11.3 Å². The summed E-state index contributed by atoms with van der Waals surface area (Å²) in [5.74, 6) is 0.357. The molecule has 1 rings (SSSR count). The molecule has 0 aromatic heterocycles. The molecule has 0 spiro atoms. The van der Waals surface area contributed by atoms with Crippen molar-refractivity contribution in [2.75, 3.05) is 6.54 Å². The number of hydrogen-bond donors (Lipinski definition) is 3. The lowest BCUT2D eigenvalue weighted by atomic mass is 10.2. The summed E-state index contributed by atoms with van der Waals surface area (Å²) in [6.45, 7) is 4.90. The van der Waals surface area contributed by atoms with Crippen LogP contribution in [0.3, 0.4) is 0 Å². The van der Waals surface area contributed by atoms with E-state index in [1.54, 1.807) is 0 Å². The molecule has 1 aromatic carbocycles. The fourth-order valence-electron chi connectivity index (χ4n) is 1.50. The number of nitrogens with zero attached hydrogens (tertiary/aromatic N) is 1. The van der Waals surface area contributed by atoms with Gasteiger partial charge < -0.3 is 16.4 Å². The Balaban J connectivity index is 0.00000361. The van der Waals surface area contributed by atoms with Gasteiger partial charge in [0.1, 0.15) is 0 Å². The van der Waals surface area contributed by atoms with Crippen molar-refractivity contribution in [2.45, 2.75) is 32.9 Å². The van der Waals surface area contributed by atoms with Crippen LogP contribution in [0.5, 0.6) is 0 Å². The molecule has 112 valence electrons. The molecule has 1 amide bonds. The lowest BCUT2D eigenvalue weighted by Crippen LogP contribution is -2.37. The third-order valence-electron chi connectivity index (χ3n) is 2.39. The maximum atomic E-state index is 11.6. The van der Waals surface area contributed by atoms with E-state index in [1.165, 1.54) is 0 Å². The van der Waals surface area contributed by atoms with E-state index < -0.39 is 0 Å². The largest absolute Gasteiger partial charge is 0.370 e. The van der Waals surface area contributed by atoms with Crippen molar-refractivity contribution in [1.29, 1.82) is 0 Å². The molecule has 0 aliphatic heterocycles. The Labute approximate surface area is 137 Å². The minimum absolute atomic E-state index is 0. The van der Waals surface area contributed by atoms with Gasteiger partial charge in [0.15, 0.2) is 5.96 Å². The summed E-state index contributed by atoms with van der Waals surface area (Å²) in [4.78, 5) is 15.7. The van der Waals surface area contributed by atoms with Crippen molar-refractivity contribution >= 4 is 35.8 Å². The highest BCUT2D eigenvalue weighted by Gasteiger charge is 2.01. The number of halogens is 1. The van der Waals surface area contributed by atoms with Crippen LogP contribution in [0.4, 0.5) is 0 Å². The number of benzene rings is 1. The third-order valence-corrected chi connectivity index (χ3v) is 2.39. The van der Waals surface area contributed by atoms with E-state index in [4.69, 9.17) is 5.73 Å². The Morgan fingerprint density at radius 1 is 1.30 bits per heavy atom. The molecule has 0 bridgehead atoms. The molecule has 6 heteroatoms. The third kappa shape index (κ3) is 8.73. The Bertz CT molecular complexity index is 420. The smallest absolute Gasteiger partial charge is 0.222 e. The Kier molecular flexibility index (Phi) is 9.79. The van der Waals surface area contributed by atoms with Crippen molar-refractivity contribution in [1.82, 2.24) is 10.6 Å². The van der Waals surface area contributed by atoms with Gasteiger partial charge in [-0.05, 0) is 19.4 Å². The number of nitrogens with one attached hydrogen (secondary N) is 2. The van der Waals surface area contributed by atoms with Crippen LogP contribution in [0.2, 0.25) is 0 Å². The molecule has 0 aliphatic rings. The minimum Gasteiger partial charge on any atom is -0.370 e. The molecule has 0 fully saturated rings. The van der Waals surface area contributed by atoms with Gasteiger partial charge in [-0.25, -0.2) is 0 Å². The maximum absolute atomic E-state index is 11.6. The van der Waals surface area contributed by atoms with Crippen LogP contribution in [0.1, 0.15) is 25.8 Å². The highest BCUT2D eigenvalue weighted by Crippen LogP contribution is 1.97. The van der Waals surface area contributed by atoms with Crippen LogP contribution in [-0.4, -0.2) is 24.5 Å². The monoisotopic (exact) mass is 390 g/mol. The summed E-state index contributed by atoms with van der Waals surface area (Å²) in [5, 5.41) is 5.81. The number of carbonyl (C=O) groups excluding carboxylic acids is 1. The van der Waals surface area contributed by atoms with Gasteiger partial charge >= 0.3 is 0 Å². The van der Waals surface area contributed by atoms with Gasteiger partial charge in [-0.15, -0.1) is 24.0 Å². The second-order valence-electron chi connectivity index (χ2n) is 4.58. The van der Waals surface area contributed by atoms with Crippen LogP contribution >= 0.6 is 24.0 Å². The number of carbonyl (C=O) groups is 1. The second kappa shape index (κ2) is 10.5. The molecule has 0 radical (unpaired) electrons. The fourth-order valence-corrected chi connectivity index (χ4v) is 1.50. The van der Waals surface area contributed by atoms with Gasteiger partial charge in [0.25, 0.3) is 0 Å². The van der Waals surface area contributed by atoms with Crippen molar-refractivity contribution < 1.29 is 4.79 Å². The molecule has 0 heterocycles. The quantitative estimate of drug-likeness (QED) is 0.393. The first-order valence-corrected chi connectivity index (χ1v) is 6.45. The number of hydrogen-bond acceptors (Lipinski definition) is 2. The van der Waals surface area contributed by atoms with Gasteiger partial charge in [-0.2, -0.15) is 0 Å². The highest BCUT2D eigenvalue weighted by molar-refractivity contribution is 14.0. The number of amides is 1. The summed E-state index contributed by atoms with van der Waals surface area (Å²) in [6, 6.07) is 10.0. The zero-order valence-corrected chi connectivity index (χ0v) is 14.3. The SMILES string of the molecule is CC(C)NC(N)=NCCC(=O)NCc1ccccc1.I. The average molecular weight is 390 g/mol. The molecule has 20 heavy (non-hydrogen) atoms. The van der Waals surface area contributed by atoms with Gasteiger partial charge in [0.2, 0.25) is 5.91 Å². The van der Waals surface area contributed by atoms with E-state index >= 15 is 0 Å². The molecule has 0 aliphatic carbocycles. The lowest BCUT2D eigenvalue weighted by molar-refractivity contribution is -0.121. The summed E-state index contributed by atoms with van der Waals surface area (Å²) >= 11 is 0.